The number of terminal acetylenes is 1. The van der Waals surface area contributed by atoms with Gasteiger partial charge < -0.3 is 10.4 Å². The summed E-state index contributed by atoms with van der Waals surface area (Å²) in [5, 5.41) is 15.5. The average Bonchev–Trinajstić information content (AvgIpc) is 2.78. The third-order valence-corrected chi connectivity index (χ3v) is 2.59. The van der Waals surface area contributed by atoms with Crippen LogP contribution >= 0.6 is 0 Å². The molecule has 6 nitrogen and oxygen atoms in total. The van der Waals surface area contributed by atoms with Gasteiger partial charge in [-0.2, -0.15) is 5.10 Å². The summed E-state index contributed by atoms with van der Waals surface area (Å²) >= 11 is 0. The predicted octanol–water partition coefficient (Wildman–Crippen LogP) is 0.856. The van der Waals surface area contributed by atoms with Crippen molar-refractivity contribution in [1.82, 2.24) is 15.1 Å². The second-order valence-electron chi connectivity index (χ2n) is 4.20. The molecule has 0 bridgehead atoms. The Morgan fingerprint density at radius 2 is 2.32 bits per heavy atom. The Labute approximate surface area is 111 Å². The number of unbranched alkanes of at least 4 members (excludes halogenated alkanes) is 2. The fourth-order valence-electron chi connectivity index (χ4n) is 1.62. The molecule has 1 aromatic heterocycles. The van der Waals surface area contributed by atoms with Crippen molar-refractivity contribution in [1.29, 1.82) is 0 Å². The van der Waals surface area contributed by atoms with Crippen molar-refractivity contribution < 1.29 is 14.7 Å². The van der Waals surface area contributed by atoms with Crippen LogP contribution in [0, 0.1) is 12.3 Å². The normalized spacial score (nSPS) is 11.6. The van der Waals surface area contributed by atoms with Crippen molar-refractivity contribution in [3.05, 3.63) is 18.0 Å². The van der Waals surface area contributed by atoms with E-state index in [1.165, 1.54) is 10.9 Å². The first kappa shape index (κ1) is 14.8. The Hall–Kier alpha value is -2.29. The second kappa shape index (κ2) is 7.21. The number of aliphatic carboxylic acids is 1. The molecule has 1 aromatic rings. The zero-order valence-electron chi connectivity index (χ0n) is 10.8. The SMILES string of the molecule is C#CCCCCC(=O)NC(C(=O)O)c1cnn(C)c1. The third-order valence-electron chi connectivity index (χ3n) is 2.59. The van der Waals surface area contributed by atoms with Crippen LogP contribution in [0.4, 0.5) is 0 Å². The first-order valence-electron chi connectivity index (χ1n) is 5.98. The molecule has 0 aliphatic heterocycles. The minimum atomic E-state index is -1.11. The van der Waals surface area contributed by atoms with Crippen molar-refractivity contribution in [2.45, 2.75) is 31.7 Å². The summed E-state index contributed by atoms with van der Waals surface area (Å²) in [7, 11) is 1.68. The molecule has 6 heteroatoms. The third kappa shape index (κ3) is 4.84. The van der Waals surface area contributed by atoms with Crippen LogP contribution < -0.4 is 5.32 Å². The molecule has 102 valence electrons. The van der Waals surface area contributed by atoms with Gasteiger partial charge in [-0.1, -0.05) is 0 Å². The van der Waals surface area contributed by atoms with Crippen LogP contribution in [0.1, 0.15) is 37.3 Å². The molecule has 1 rings (SSSR count). The highest BCUT2D eigenvalue weighted by Crippen LogP contribution is 2.12. The molecule has 0 aromatic carbocycles. The molecule has 0 aliphatic rings. The Kier molecular flexibility index (Phi) is 5.61. The van der Waals surface area contributed by atoms with Gasteiger partial charge in [-0.25, -0.2) is 4.79 Å². The van der Waals surface area contributed by atoms with Crippen molar-refractivity contribution in [2.24, 2.45) is 7.05 Å². The number of aryl methyl sites for hydroxylation is 1. The highest BCUT2D eigenvalue weighted by molar-refractivity contribution is 5.84. The lowest BCUT2D eigenvalue weighted by Gasteiger charge is -2.12. The number of hydrogen-bond donors (Lipinski definition) is 2. The number of carboxylic acid groups (broad SMARTS) is 1. The summed E-state index contributed by atoms with van der Waals surface area (Å²) in [6.45, 7) is 0. The number of aromatic nitrogens is 2. The standard InChI is InChI=1S/C13H17N3O3/c1-3-4-5-6-7-11(17)15-12(13(18)19)10-8-14-16(2)9-10/h1,8-9,12H,4-7H2,2H3,(H,15,17)(H,18,19). The van der Waals surface area contributed by atoms with E-state index in [0.717, 1.165) is 6.42 Å². The van der Waals surface area contributed by atoms with E-state index >= 15 is 0 Å². The molecular weight excluding hydrogens is 246 g/mol. The zero-order chi connectivity index (χ0) is 14.3. The van der Waals surface area contributed by atoms with Gasteiger partial charge in [0, 0.05) is 31.6 Å². The van der Waals surface area contributed by atoms with E-state index in [-0.39, 0.29) is 12.3 Å². The molecule has 0 spiro atoms. The number of carbonyl (C=O) groups is 2. The van der Waals surface area contributed by atoms with Gasteiger partial charge in [0.1, 0.15) is 0 Å². The van der Waals surface area contributed by atoms with Crippen molar-refractivity contribution >= 4 is 11.9 Å². The summed E-state index contributed by atoms with van der Waals surface area (Å²) in [4.78, 5) is 22.8. The molecule has 0 saturated carbocycles. The van der Waals surface area contributed by atoms with Gasteiger partial charge >= 0.3 is 5.97 Å². The van der Waals surface area contributed by atoms with E-state index in [2.05, 4.69) is 16.3 Å². The monoisotopic (exact) mass is 263 g/mol. The summed E-state index contributed by atoms with van der Waals surface area (Å²) in [6.07, 6.45) is 10.4. The van der Waals surface area contributed by atoms with Crippen LogP contribution in [-0.2, 0) is 16.6 Å². The molecule has 0 fully saturated rings. The molecule has 1 atom stereocenters. The summed E-state index contributed by atoms with van der Waals surface area (Å²) in [5.74, 6) is 1.09. The van der Waals surface area contributed by atoms with Crippen LogP contribution in [0.2, 0.25) is 0 Å². The van der Waals surface area contributed by atoms with Crippen LogP contribution in [0.3, 0.4) is 0 Å². The lowest BCUT2D eigenvalue weighted by molar-refractivity contribution is -0.142. The fraction of sp³-hybridized carbons (Fsp3) is 0.462. The van der Waals surface area contributed by atoms with Gasteiger partial charge in [0.05, 0.1) is 6.20 Å². The summed E-state index contributed by atoms with van der Waals surface area (Å²) in [5.41, 5.74) is 0.451. The molecule has 1 heterocycles. The van der Waals surface area contributed by atoms with Gasteiger partial charge in [0.15, 0.2) is 6.04 Å². The molecule has 1 unspecified atom stereocenters. The largest absolute Gasteiger partial charge is 0.479 e. The van der Waals surface area contributed by atoms with Crippen LogP contribution in [0.25, 0.3) is 0 Å². The minimum absolute atomic E-state index is 0.270. The van der Waals surface area contributed by atoms with Gasteiger partial charge in [-0.05, 0) is 12.8 Å². The first-order chi connectivity index (χ1) is 9.04. The topological polar surface area (TPSA) is 84.2 Å². The van der Waals surface area contributed by atoms with Crippen LogP contribution in [0.5, 0.6) is 0 Å². The maximum absolute atomic E-state index is 11.6. The Bertz CT molecular complexity index is 488. The maximum Gasteiger partial charge on any atom is 0.331 e. The van der Waals surface area contributed by atoms with E-state index in [9.17, 15) is 9.59 Å². The molecule has 0 saturated heterocycles. The minimum Gasteiger partial charge on any atom is -0.479 e. The van der Waals surface area contributed by atoms with Gasteiger partial charge in [-0.3, -0.25) is 9.48 Å². The number of carboxylic acids is 1. The lowest BCUT2D eigenvalue weighted by Crippen LogP contribution is -2.33. The highest BCUT2D eigenvalue weighted by atomic mass is 16.4. The molecular formula is C13H17N3O3. The number of hydrogen-bond acceptors (Lipinski definition) is 3. The number of carbonyl (C=O) groups excluding carboxylic acids is 1. The smallest absolute Gasteiger partial charge is 0.331 e. The Morgan fingerprint density at radius 1 is 1.58 bits per heavy atom. The number of nitrogens with one attached hydrogen (secondary N) is 1. The average molecular weight is 263 g/mol. The van der Waals surface area contributed by atoms with Crippen LogP contribution in [-0.4, -0.2) is 26.8 Å². The predicted molar refractivity (Wildman–Crippen MR) is 69.0 cm³/mol. The first-order valence-corrected chi connectivity index (χ1v) is 5.98. The zero-order valence-corrected chi connectivity index (χ0v) is 10.8. The highest BCUT2D eigenvalue weighted by Gasteiger charge is 2.22. The Balaban J connectivity index is 2.53. The fourth-order valence-corrected chi connectivity index (χ4v) is 1.62. The van der Waals surface area contributed by atoms with Gasteiger partial charge in [0.25, 0.3) is 0 Å². The van der Waals surface area contributed by atoms with Crippen molar-refractivity contribution in [3.8, 4) is 12.3 Å². The van der Waals surface area contributed by atoms with Gasteiger partial charge in [0.2, 0.25) is 5.91 Å². The molecule has 0 aliphatic carbocycles. The molecule has 19 heavy (non-hydrogen) atoms. The van der Waals surface area contributed by atoms with E-state index in [1.54, 1.807) is 13.2 Å². The maximum atomic E-state index is 11.6. The van der Waals surface area contributed by atoms with Crippen molar-refractivity contribution in [2.75, 3.05) is 0 Å². The Morgan fingerprint density at radius 3 is 2.84 bits per heavy atom. The van der Waals surface area contributed by atoms with Crippen molar-refractivity contribution in [3.63, 3.8) is 0 Å². The molecule has 2 N–H and O–H groups in total. The molecule has 1 amide bonds. The number of nitrogens with zero attached hydrogens (tertiary/aromatic N) is 2. The summed E-state index contributed by atoms with van der Waals surface area (Å²) in [6, 6.07) is -1.06. The van der Waals surface area contributed by atoms with E-state index < -0.39 is 12.0 Å². The van der Waals surface area contributed by atoms with Crippen LogP contribution in [0.15, 0.2) is 12.4 Å². The summed E-state index contributed by atoms with van der Waals surface area (Å²) < 4.78 is 1.49. The quantitative estimate of drug-likeness (QED) is 0.564. The van der Waals surface area contributed by atoms with E-state index in [0.29, 0.717) is 18.4 Å². The second-order valence-corrected chi connectivity index (χ2v) is 4.20. The lowest BCUT2D eigenvalue weighted by atomic mass is 10.1. The van der Waals surface area contributed by atoms with E-state index in [1.807, 2.05) is 0 Å². The number of rotatable bonds is 7. The number of amides is 1. The molecule has 0 radical (unpaired) electrons. The van der Waals surface area contributed by atoms with Gasteiger partial charge in [-0.15, -0.1) is 12.3 Å². The van der Waals surface area contributed by atoms with E-state index in [4.69, 9.17) is 11.5 Å².